The molecular formula is C21H24IN5O4. The second kappa shape index (κ2) is 8.48. The highest BCUT2D eigenvalue weighted by atomic mass is 127. The Bertz CT molecular complexity index is 994. The highest BCUT2D eigenvalue weighted by Crippen LogP contribution is 2.39. The summed E-state index contributed by atoms with van der Waals surface area (Å²) in [4.78, 5) is 51.5. The molecule has 3 aliphatic heterocycles. The van der Waals surface area contributed by atoms with Crippen LogP contribution in [-0.2, 0) is 25.7 Å². The third-order valence-electron chi connectivity index (χ3n) is 5.80. The topological polar surface area (TPSA) is 111 Å². The van der Waals surface area contributed by atoms with E-state index in [1.807, 2.05) is 24.0 Å². The number of anilines is 1. The molecule has 4 amide bonds. The minimum absolute atomic E-state index is 0.0623. The Morgan fingerprint density at radius 2 is 2.03 bits per heavy atom. The largest absolute Gasteiger partial charge is 0.376 e. The van der Waals surface area contributed by atoms with Gasteiger partial charge in [0.1, 0.15) is 6.04 Å². The van der Waals surface area contributed by atoms with E-state index in [-0.39, 0.29) is 42.8 Å². The molecular weight excluding hydrogens is 513 g/mol. The van der Waals surface area contributed by atoms with Crippen molar-refractivity contribution >= 4 is 57.6 Å². The Morgan fingerprint density at radius 3 is 2.74 bits per heavy atom. The Labute approximate surface area is 193 Å². The van der Waals surface area contributed by atoms with Crippen molar-refractivity contribution in [1.82, 2.24) is 20.4 Å². The number of carbonyl (C=O) groups excluding carboxylic acids is 4. The zero-order chi connectivity index (χ0) is 22.3. The fraction of sp³-hybridized carbons (Fsp3) is 0.429. The van der Waals surface area contributed by atoms with Gasteiger partial charge in [0.15, 0.2) is 0 Å². The normalized spacial score (nSPS) is 23.4. The van der Waals surface area contributed by atoms with E-state index in [1.54, 1.807) is 4.90 Å². The van der Waals surface area contributed by atoms with E-state index < -0.39 is 6.04 Å². The highest BCUT2D eigenvalue weighted by molar-refractivity contribution is 14.1. The number of hydrogen-bond acceptors (Lipinski definition) is 6. The molecule has 3 N–H and O–H groups in total. The number of piperazine rings is 1. The van der Waals surface area contributed by atoms with Crippen LogP contribution in [0.1, 0.15) is 30.9 Å². The maximum absolute atomic E-state index is 12.6. The van der Waals surface area contributed by atoms with Crippen LogP contribution in [0.2, 0.25) is 0 Å². The van der Waals surface area contributed by atoms with E-state index in [2.05, 4.69) is 45.1 Å². The summed E-state index contributed by atoms with van der Waals surface area (Å²) < 4.78 is 1.01. The Hall–Kier alpha value is -2.63. The van der Waals surface area contributed by atoms with Crippen LogP contribution >= 0.6 is 22.6 Å². The maximum atomic E-state index is 12.6. The molecule has 4 rings (SSSR count). The summed E-state index contributed by atoms with van der Waals surface area (Å²) in [7, 11) is 0. The summed E-state index contributed by atoms with van der Waals surface area (Å²) >= 11 is 2.25. The number of halogens is 1. The van der Waals surface area contributed by atoms with E-state index >= 15 is 0 Å². The SMILES string of the molecule is C=C1c2cc(NCC(=O)N3CC(=O)NC(C)C3)cc(I)c2CN1C1CCC(=O)NC1=O. The average Bonchev–Trinajstić information content (AvgIpc) is 3.02. The fourth-order valence-electron chi connectivity index (χ4n) is 4.27. The van der Waals surface area contributed by atoms with Crippen molar-refractivity contribution in [2.24, 2.45) is 0 Å². The molecule has 164 valence electrons. The van der Waals surface area contributed by atoms with Crippen molar-refractivity contribution in [3.05, 3.63) is 33.4 Å². The number of nitrogens with zero attached hydrogens (tertiary/aromatic N) is 2. The van der Waals surface area contributed by atoms with Crippen molar-refractivity contribution in [1.29, 1.82) is 0 Å². The number of hydrogen-bond donors (Lipinski definition) is 3. The molecule has 2 atom stereocenters. The van der Waals surface area contributed by atoms with Gasteiger partial charge in [0.2, 0.25) is 23.6 Å². The molecule has 0 radical (unpaired) electrons. The molecule has 0 spiro atoms. The van der Waals surface area contributed by atoms with Crippen LogP contribution in [0, 0.1) is 3.57 Å². The molecule has 2 saturated heterocycles. The van der Waals surface area contributed by atoms with E-state index in [0.717, 1.165) is 26.1 Å². The van der Waals surface area contributed by atoms with Gasteiger partial charge in [-0.05, 0) is 53.6 Å². The van der Waals surface area contributed by atoms with Crippen LogP contribution in [0.3, 0.4) is 0 Å². The maximum Gasteiger partial charge on any atom is 0.249 e. The molecule has 0 bridgehead atoms. The number of benzene rings is 1. The lowest BCUT2D eigenvalue weighted by molar-refractivity contribution is -0.138. The van der Waals surface area contributed by atoms with Crippen molar-refractivity contribution in [3.8, 4) is 0 Å². The number of piperidine rings is 1. The second-order valence-corrected chi connectivity index (χ2v) is 9.28. The molecule has 0 aromatic heterocycles. The molecule has 2 fully saturated rings. The quantitative estimate of drug-likeness (QED) is 0.384. The zero-order valence-corrected chi connectivity index (χ0v) is 19.3. The monoisotopic (exact) mass is 537 g/mol. The van der Waals surface area contributed by atoms with Crippen molar-refractivity contribution in [2.75, 3.05) is 25.0 Å². The first kappa shape index (κ1) is 21.6. The molecule has 0 saturated carbocycles. The van der Waals surface area contributed by atoms with Gasteiger partial charge in [0, 0.05) is 46.1 Å². The molecule has 9 nitrogen and oxygen atoms in total. The van der Waals surface area contributed by atoms with Gasteiger partial charge in [-0.3, -0.25) is 24.5 Å². The Balaban J connectivity index is 1.45. The molecule has 1 aromatic carbocycles. The van der Waals surface area contributed by atoms with Gasteiger partial charge in [-0.2, -0.15) is 0 Å². The predicted molar refractivity (Wildman–Crippen MR) is 123 cm³/mol. The molecule has 0 aliphatic carbocycles. The van der Waals surface area contributed by atoms with Crippen LogP contribution in [0.4, 0.5) is 5.69 Å². The van der Waals surface area contributed by atoms with Crippen molar-refractivity contribution in [3.63, 3.8) is 0 Å². The summed E-state index contributed by atoms with van der Waals surface area (Å²) in [6, 6.07) is 3.41. The lowest BCUT2D eigenvalue weighted by Gasteiger charge is -2.31. The van der Waals surface area contributed by atoms with E-state index in [0.29, 0.717) is 25.9 Å². The van der Waals surface area contributed by atoms with Gasteiger partial charge in [0.25, 0.3) is 0 Å². The minimum atomic E-state index is -0.418. The van der Waals surface area contributed by atoms with Crippen LogP contribution < -0.4 is 16.0 Å². The number of imide groups is 1. The number of carbonyl (C=O) groups is 4. The van der Waals surface area contributed by atoms with Crippen LogP contribution in [0.15, 0.2) is 18.7 Å². The van der Waals surface area contributed by atoms with Crippen LogP contribution in [0.25, 0.3) is 5.70 Å². The molecule has 1 aromatic rings. The number of fused-ring (bicyclic) bond motifs is 1. The third-order valence-corrected chi connectivity index (χ3v) is 6.76. The summed E-state index contributed by atoms with van der Waals surface area (Å²) in [5.41, 5.74) is 3.52. The summed E-state index contributed by atoms with van der Waals surface area (Å²) in [6.07, 6.45) is 0.783. The van der Waals surface area contributed by atoms with Gasteiger partial charge in [-0.15, -0.1) is 0 Å². The molecule has 31 heavy (non-hydrogen) atoms. The van der Waals surface area contributed by atoms with Gasteiger partial charge < -0.3 is 20.4 Å². The second-order valence-electron chi connectivity index (χ2n) is 8.12. The average molecular weight is 537 g/mol. The fourth-order valence-corrected chi connectivity index (χ4v) is 5.07. The lowest BCUT2D eigenvalue weighted by atomic mass is 10.0. The minimum Gasteiger partial charge on any atom is -0.376 e. The highest BCUT2D eigenvalue weighted by Gasteiger charge is 2.37. The summed E-state index contributed by atoms with van der Waals surface area (Å²) in [5.74, 6) is -0.816. The lowest BCUT2D eigenvalue weighted by Crippen LogP contribution is -2.55. The van der Waals surface area contributed by atoms with Crippen molar-refractivity contribution < 1.29 is 19.2 Å². The van der Waals surface area contributed by atoms with E-state index in [4.69, 9.17) is 0 Å². The Morgan fingerprint density at radius 1 is 1.26 bits per heavy atom. The first-order valence-electron chi connectivity index (χ1n) is 10.2. The molecule has 3 heterocycles. The smallest absolute Gasteiger partial charge is 0.249 e. The molecule has 3 aliphatic rings. The molecule has 10 heteroatoms. The van der Waals surface area contributed by atoms with Crippen LogP contribution in [0.5, 0.6) is 0 Å². The number of rotatable bonds is 4. The summed E-state index contributed by atoms with van der Waals surface area (Å²) in [5, 5.41) is 8.36. The Kier molecular flexibility index (Phi) is 5.91. The van der Waals surface area contributed by atoms with E-state index in [1.165, 1.54) is 0 Å². The standard InChI is InChI=1S/C21H24IN5O4/c1-11-8-26(10-19(29)24-11)20(30)7-23-13-5-14-12(2)27(9-15(14)16(22)6-13)17-3-4-18(28)25-21(17)31/h5-6,11,17,23H,2-4,7-10H2,1H3,(H,24,29)(H,25,28,31). The summed E-state index contributed by atoms with van der Waals surface area (Å²) in [6.45, 7) is 7.25. The molecule has 2 unspecified atom stereocenters. The number of nitrogens with one attached hydrogen (secondary N) is 3. The van der Waals surface area contributed by atoms with Gasteiger partial charge >= 0.3 is 0 Å². The van der Waals surface area contributed by atoms with Crippen LogP contribution in [-0.4, -0.2) is 65.1 Å². The van der Waals surface area contributed by atoms with Gasteiger partial charge in [0.05, 0.1) is 13.1 Å². The van der Waals surface area contributed by atoms with Crippen molar-refractivity contribution in [2.45, 2.75) is 38.4 Å². The zero-order valence-electron chi connectivity index (χ0n) is 17.2. The third kappa shape index (κ3) is 4.39. The van der Waals surface area contributed by atoms with E-state index in [9.17, 15) is 19.2 Å². The number of amides is 4. The first-order chi connectivity index (χ1) is 14.7. The van der Waals surface area contributed by atoms with Gasteiger partial charge in [-0.25, -0.2) is 0 Å². The first-order valence-corrected chi connectivity index (χ1v) is 11.2. The van der Waals surface area contributed by atoms with Gasteiger partial charge in [-0.1, -0.05) is 6.58 Å². The predicted octanol–water partition coefficient (Wildman–Crippen LogP) is 0.642.